The molecule has 0 aliphatic rings. The van der Waals surface area contributed by atoms with Crippen molar-refractivity contribution in [1.29, 1.82) is 0 Å². The smallest absolute Gasteiger partial charge is 0.274 e. The number of aromatic nitrogens is 2. The average Bonchev–Trinajstić information content (AvgIpc) is 2.41. The van der Waals surface area contributed by atoms with Crippen LogP contribution >= 0.6 is 0 Å². The zero-order valence-electron chi connectivity index (χ0n) is 7.11. The fourth-order valence-electron chi connectivity index (χ4n) is 1.34. The van der Waals surface area contributed by atoms with Gasteiger partial charge < -0.3 is 8.97 Å². The van der Waals surface area contributed by atoms with Crippen LogP contribution in [0.5, 0.6) is 0 Å². The highest BCUT2D eigenvalue weighted by molar-refractivity contribution is 5.47. The second kappa shape index (κ2) is 2.24. The minimum absolute atomic E-state index is 0.0469. The Kier molecular flexibility index (Phi) is 1.33. The number of fused-ring (bicyclic) bond motifs is 1. The van der Waals surface area contributed by atoms with Crippen molar-refractivity contribution in [3.05, 3.63) is 40.6 Å². The van der Waals surface area contributed by atoms with Crippen LogP contribution in [0.2, 0.25) is 0 Å². The standard InChI is InChI=1S/C9H10N2O/c1-7-3-4-8-9(12)10(2)5-6-11(7)8/h3-6H,1-2H3. The van der Waals surface area contributed by atoms with Crippen LogP contribution in [-0.2, 0) is 7.05 Å². The summed E-state index contributed by atoms with van der Waals surface area (Å²) in [4.78, 5) is 11.5. The zero-order chi connectivity index (χ0) is 8.72. The van der Waals surface area contributed by atoms with Crippen molar-refractivity contribution >= 4 is 5.52 Å². The quantitative estimate of drug-likeness (QED) is 0.566. The normalized spacial score (nSPS) is 10.8. The molecule has 62 valence electrons. The number of aryl methyl sites for hydroxylation is 2. The molecule has 2 rings (SSSR count). The summed E-state index contributed by atoms with van der Waals surface area (Å²) in [6.45, 7) is 1.98. The second-order valence-electron chi connectivity index (χ2n) is 2.94. The van der Waals surface area contributed by atoms with Crippen LogP contribution in [0.4, 0.5) is 0 Å². The molecule has 2 heterocycles. The molecule has 0 bridgehead atoms. The molecule has 0 aliphatic carbocycles. The Balaban J connectivity index is 3.03. The van der Waals surface area contributed by atoms with Gasteiger partial charge in [0.1, 0.15) is 5.52 Å². The average molecular weight is 162 g/mol. The van der Waals surface area contributed by atoms with Crippen molar-refractivity contribution < 1.29 is 0 Å². The monoisotopic (exact) mass is 162 g/mol. The van der Waals surface area contributed by atoms with Crippen molar-refractivity contribution in [2.45, 2.75) is 6.92 Å². The van der Waals surface area contributed by atoms with Gasteiger partial charge in [-0.05, 0) is 19.1 Å². The van der Waals surface area contributed by atoms with Crippen molar-refractivity contribution in [2.24, 2.45) is 7.05 Å². The van der Waals surface area contributed by atoms with E-state index in [2.05, 4.69) is 0 Å². The minimum Gasteiger partial charge on any atom is -0.315 e. The predicted molar refractivity (Wildman–Crippen MR) is 47.4 cm³/mol. The maximum atomic E-state index is 11.5. The van der Waals surface area contributed by atoms with Gasteiger partial charge in [-0.25, -0.2) is 0 Å². The molecular weight excluding hydrogens is 152 g/mol. The summed E-state index contributed by atoms with van der Waals surface area (Å²) in [6.07, 6.45) is 3.66. The zero-order valence-corrected chi connectivity index (χ0v) is 7.11. The third-order valence-electron chi connectivity index (χ3n) is 2.10. The van der Waals surface area contributed by atoms with Gasteiger partial charge in [-0.2, -0.15) is 0 Å². The lowest BCUT2D eigenvalue weighted by Crippen LogP contribution is -2.17. The molecule has 0 atom stereocenters. The van der Waals surface area contributed by atoms with Gasteiger partial charge in [0.05, 0.1) is 0 Å². The molecule has 12 heavy (non-hydrogen) atoms. The van der Waals surface area contributed by atoms with Gasteiger partial charge in [-0.3, -0.25) is 4.79 Å². The Bertz CT molecular complexity index is 479. The molecule has 0 spiro atoms. The van der Waals surface area contributed by atoms with Gasteiger partial charge in [0.25, 0.3) is 5.56 Å². The van der Waals surface area contributed by atoms with Gasteiger partial charge in [-0.15, -0.1) is 0 Å². The van der Waals surface area contributed by atoms with E-state index in [1.54, 1.807) is 17.8 Å². The molecule has 0 saturated carbocycles. The van der Waals surface area contributed by atoms with Gasteiger partial charge in [0, 0.05) is 25.1 Å². The number of hydrogen-bond acceptors (Lipinski definition) is 1. The molecule has 0 fully saturated rings. The third kappa shape index (κ3) is 0.794. The van der Waals surface area contributed by atoms with E-state index in [0.717, 1.165) is 11.2 Å². The largest absolute Gasteiger partial charge is 0.315 e. The Morgan fingerprint density at radius 1 is 1.25 bits per heavy atom. The first-order valence-electron chi connectivity index (χ1n) is 3.83. The maximum absolute atomic E-state index is 11.5. The highest BCUT2D eigenvalue weighted by Gasteiger charge is 2.00. The molecule has 0 N–H and O–H groups in total. The molecule has 2 aromatic heterocycles. The van der Waals surface area contributed by atoms with Crippen LogP contribution in [0.3, 0.4) is 0 Å². The van der Waals surface area contributed by atoms with Gasteiger partial charge in [0.15, 0.2) is 0 Å². The summed E-state index contributed by atoms with van der Waals surface area (Å²) in [6, 6.07) is 3.79. The van der Waals surface area contributed by atoms with Crippen LogP contribution in [-0.4, -0.2) is 8.97 Å². The van der Waals surface area contributed by atoms with Crippen LogP contribution in [0.15, 0.2) is 29.3 Å². The van der Waals surface area contributed by atoms with Crippen molar-refractivity contribution in [1.82, 2.24) is 8.97 Å². The molecule has 3 heteroatoms. The molecule has 0 aromatic carbocycles. The number of rotatable bonds is 0. The van der Waals surface area contributed by atoms with E-state index >= 15 is 0 Å². The fraction of sp³-hybridized carbons (Fsp3) is 0.222. The summed E-state index contributed by atoms with van der Waals surface area (Å²) < 4.78 is 3.47. The number of nitrogens with zero attached hydrogens (tertiary/aromatic N) is 2. The molecule has 2 aromatic rings. The highest BCUT2D eigenvalue weighted by atomic mass is 16.1. The lowest BCUT2D eigenvalue weighted by Gasteiger charge is -1.99. The van der Waals surface area contributed by atoms with Crippen molar-refractivity contribution in [3.8, 4) is 0 Å². The summed E-state index contributed by atoms with van der Waals surface area (Å²) in [5.74, 6) is 0. The van der Waals surface area contributed by atoms with E-state index in [4.69, 9.17) is 0 Å². The molecule has 3 nitrogen and oxygen atoms in total. The van der Waals surface area contributed by atoms with Gasteiger partial charge in [0.2, 0.25) is 0 Å². The molecule has 0 radical (unpaired) electrons. The van der Waals surface area contributed by atoms with Crippen molar-refractivity contribution in [3.63, 3.8) is 0 Å². The topological polar surface area (TPSA) is 26.4 Å². The summed E-state index contributed by atoms with van der Waals surface area (Å²) >= 11 is 0. The lowest BCUT2D eigenvalue weighted by atomic mass is 10.5. The first-order valence-corrected chi connectivity index (χ1v) is 3.83. The van der Waals surface area contributed by atoms with Crippen LogP contribution in [0, 0.1) is 6.92 Å². The highest BCUT2D eigenvalue weighted by Crippen LogP contribution is 2.03. The third-order valence-corrected chi connectivity index (χ3v) is 2.10. The Morgan fingerprint density at radius 3 is 2.75 bits per heavy atom. The summed E-state index contributed by atoms with van der Waals surface area (Å²) in [5.41, 5.74) is 1.87. The predicted octanol–water partition coefficient (Wildman–Crippen LogP) is 0.946. The van der Waals surface area contributed by atoms with E-state index in [0.29, 0.717) is 0 Å². The maximum Gasteiger partial charge on any atom is 0.274 e. The van der Waals surface area contributed by atoms with Gasteiger partial charge >= 0.3 is 0 Å². The summed E-state index contributed by atoms with van der Waals surface area (Å²) in [7, 11) is 1.75. The van der Waals surface area contributed by atoms with Crippen molar-refractivity contribution in [2.75, 3.05) is 0 Å². The van der Waals surface area contributed by atoms with E-state index in [9.17, 15) is 4.79 Å². The summed E-state index contributed by atoms with van der Waals surface area (Å²) in [5, 5.41) is 0. The van der Waals surface area contributed by atoms with Crippen LogP contribution in [0.1, 0.15) is 5.69 Å². The number of hydrogen-bond donors (Lipinski definition) is 0. The molecular formula is C9H10N2O. The van der Waals surface area contributed by atoms with Gasteiger partial charge in [-0.1, -0.05) is 0 Å². The van der Waals surface area contributed by atoms with E-state index in [-0.39, 0.29) is 5.56 Å². The molecule has 0 unspecified atom stereocenters. The SMILES string of the molecule is Cc1ccc2c(=O)n(C)ccn12. The van der Waals surface area contributed by atoms with Crippen LogP contribution in [0.25, 0.3) is 5.52 Å². The second-order valence-corrected chi connectivity index (χ2v) is 2.94. The minimum atomic E-state index is 0.0469. The van der Waals surface area contributed by atoms with E-state index in [1.807, 2.05) is 29.7 Å². The molecule has 0 saturated heterocycles. The Morgan fingerprint density at radius 2 is 2.00 bits per heavy atom. The van der Waals surface area contributed by atoms with E-state index < -0.39 is 0 Å². The Labute approximate surface area is 69.9 Å². The first kappa shape index (κ1) is 7.16. The molecule has 0 amide bonds. The van der Waals surface area contributed by atoms with Crippen LogP contribution < -0.4 is 5.56 Å². The fourth-order valence-corrected chi connectivity index (χ4v) is 1.34. The lowest BCUT2D eigenvalue weighted by molar-refractivity contribution is 0.842. The Hall–Kier alpha value is -1.51. The molecule has 0 aliphatic heterocycles. The first-order chi connectivity index (χ1) is 5.70. The van der Waals surface area contributed by atoms with E-state index in [1.165, 1.54) is 0 Å².